The Morgan fingerprint density at radius 1 is 1.17 bits per heavy atom. The monoisotopic (exact) mass is 345 g/mol. The molecule has 2 aromatic rings. The summed E-state index contributed by atoms with van der Waals surface area (Å²) in [4.78, 5) is 18.2. The van der Waals surface area contributed by atoms with Gasteiger partial charge in [-0.15, -0.1) is 0 Å². The number of hydrogen-bond donors (Lipinski definition) is 0. The molecule has 3 rings (SSSR count). The number of pyridine rings is 1. The molecule has 3 heterocycles. The van der Waals surface area contributed by atoms with Crippen LogP contribution in [0, 0.1) is 6.92 Å². The first kappa shape index (κ1) is 17.0. The van der Waals surface area contributed by atoms with Gasteiger partial charge in [0.05, 0.1) is 0 Å². The molecule has 6 nitrogen and oxygen atoms in total. The fraction of sp³-hybridized carbons (Fsp3) is 0.471. The summed E-state index contributed by atoms with van der Waals surface area (Å²) in [5, 5.41) is 0. The second kappa shape index (κ2) is 7.81. The van der Waals surface area contributed by atoms with Crippen LogP contribution >= 0.6 is 0 Å². The van der Waals surface area contributed by atoms with E-state index in [0.29, 0.717) is 5.82 Å². The predicted molar refractivity (Wildman–Crippen MR) is 97.6 cm³/mol. The van der Waals surface area contributed by atoms with E-state index in [1.165, 1.54) is 0 Å². The standard InChI is InChI=1S/C17H23N5OS/c1-14-13-16(20-17(19-14)15-5-3-4-6-18-15)22-9-7-21(8-10-22)11-12-24(2)23/h3-6,13H,7-12H2,1-2H3/t24-/m1/s1. The molecule has 0 saturated carbocycles. The number of hydrogen-bond acceptors (Lipinski definition) is 6. The molecule has 2 aromatic heterocycles. The van der Waals surface area contributed by atoms with Crippen LogP contribution in [0.1, 0.15) is 5.69 Å². The predicted octanol–water partition coefficient (Wildman–Crippen LogP) is 1.35. The van der Waals surface area contributed by atoms with Crippen molar-refractivity contribution in [3.05, 3.63) is 36.2 Å². The molecule has 0 unspecified atom stereocenters. The molecule has 24 heavy (non-hydrogen) atoms. The second-order valence-electron chi connectivity index (χ2n) is 6.01. The van der Waals surface area contributed by atoms with Gasteiger partial charge in [-0.25, -0.2) is 9.97 Å². The van der Waals surface area contributed by atoms with Gasteiger partial charge in [0.2, 0.25) is 0 Å². The van der Waals surface area contributed by atoms with E-state index in [4.69, 9.17) is 4.98 Å². The van der Waals surface area contributed by atoms with Gasteiger partial charge >= 0.3 is 0 Å². The van der Waals surface area contributed by atoms with Gasteiger partial charge in [-0.3, -0.25) is 14.1 Å². The largest absolute Gasteiger partial charge is 0.354 e. The lowest BCUT2D eigenvalue weighted by atomic mass is 10.2. The average molecular weight is 345 g/mol. The smallest absolute Gasteiger partial charge is 0.180 e. The van der Waals surface area contributed by atoms with Crippen molar-refractivity contribution in [1.82, 2.24) is 19.9 Å². The molecule has 0 radical (unpaired) electrons. The molecule has 1 aliphatic rings. The number of aromatic nitrogens is 3. The Hall–Kier alpha value is -1.86. The number of rotatable bonds is 5. The van der Waals surface area contributed by atoms with Gasteiger partial charge in [-0.1, -0.05) is 6.07 Å². The lowest BCUT2D eigenvalue weighted by molar-refractivity contribution is 0.272. The molecule has 128 valence electrons. The van der Waals surface area contributed by atoms with Crippen LogP contribution in [-0.4, -0.2) is 68.8 Å². The first-order valence-electron chi connectivity index (χ1n) is 8.16. The van der Waals surface area contributed by atoms with Crippen LogP contribution in [0.15, 0.2) is 30.5 Å². The van der Waals surface area contributed by atoms with E-state index in [-0.39, 0.29) is 0 Å². The minimum atomic E-state index is -0.722. The fourth-order valence-electron chi connectivity index (χ4n) is 2.78. The Bertz CT molecular complexity index is 701. The summed E-state index contributed by atoms with van der Waals surface area (Å²) in [6.45, 7) is 6.69. The van der Waals surface area contributed by atoms with Gasteiger partial charge in [-0.2, -0.15) is 0 Å². The Kier molecular flexibility index (Phi) is 5.52. The van der Waals surface area contributed by atoms with Gasteiger partial charge in [-0.05, 0) is 19.1 Å². The quantitative estimate of drug-likeness (QED) is 0.815. The molecule has 0 aliphatic carbocycles. The average Bonchev–Trinajstić information content (AvgIpc) is 2.60. The molecule has 0 spiro atoms. The number of nitrogens with zero attached hydrogens (tertiary/aromatic N) is 5. The van der Waals surface area contributed by atoms with Gasteiger partial charge in [0.15, 0.2) is 5.82 Å². The molecule has 1 aliphatic heterocycles. The maximum absolute atomic E-state index is 11.2. The zero-order chi connectivity index (χ0) is 16.9. The van der Waals surface area contributed by atoms with Crippen molar-refractivity contribution in [3.63, 3.8) is 0 Å². The van der Waals surface area contributed by atoms with Crippen LogP contribution in [-0.2, 0) is 10.8 Å². The minimum Gasteiger partial charge on any atom is -0.354 e. The van der Waals surface area contributed by atoms with Crippen LogP contribution in [0.3, 0.4) is 0 Å². The van der Waals surface area contributed by atoms with Gasteiger partial charge in [0.25, 0.3) is 0 Å². The first-order chi connectivity index (χ1) is 11.6. The van der Waals surface area contributed by atoms with Crippen molar-refractivity contribution in [1.29, 1.82) is 0 Å². The summed E-state index contributed by atoms with van der Waals surface area (Å²) in [5.74, 6) is 2.38. The minimum absolute atomic E-state index is 0.675. The van der Waals surface area contributed by atoms with Crippen molar-refractivity contribution in [3.8, 4) is 11.5 Å². The van der Waals surface area contributed by atoms with Crippen LogP contribution in [0.4, 0.5) is 5.82 Å². The Morgan fingerprint density at radius 2 is 1.96 bits per heavy atom. The SMILES string of the molecule is Cc1cc(N2CCN(CC[S@@](C)=O)CC2)nc(-c2ccccn2)n1. The zero-order valence-electron chi connectivity index (χ0n) is 14.2. The third kappa shape index (κ3) is 4.36. The van der Waals surface area contributed by atoms with E-state index in [1.807, 2.05) is 31.2 Å². The van der Waals surface area contributed by atoms with Crippen LogP contribution in [0.2, 0.25) is 0 Å². The van der Waals surface area contributed by atoms with Crippen molar-refractivity contribution in [2.75, 3.05) is 49.6 Å². The molecular weight excluding hydrogens is 322 g/mol. The van der Waals surface area contributed by atoms with Crippen LogP contribution in [0.5, 0.6) is 0 Å². The van der Waals surface area contributed by atoms with E-state index in [2.05, 4.69) is 19.8 Å². The topological polar surface area (TPSA) is 62.2 Å². The van der Waals surface area contributed by atoms with E-state index < -0.39 is 10.8 Å². The van der Waals surface area contributed by atoms with E-state index in [0.717, 1.165) is 55.7 Å². The summed E-state index contributed by atoms with van der Waals surface area (Å²) < 4.78 is 11.2. The van der Waals surface area contributed by atoms with Gasteiger partial charge in [0, 0.05) is 73.5 Å². The Morgan fingerprint density at radius 3 is 2.62 bits per heavy atom. The van der Waals surface area contributed by atoms with Gasteiger partial charge in [0.1, 0.15) is 11.5 Å². The summed E-state index contributed by atoms with van der Waals surface area (Å²) in [7, 11) is -0.722. The Labute approximate surface area is 145 Å². The van der Waals surface area contributed by atoms with Crippen molar-refractivity contribution < 1.29 is 4.21 Å². The summed E-state index contributed by atoms with van der Waals surface area (Å²) in [6.07, 6.45) is 3.52. The van der Waals surface area contributed by atoms with Crippen molar-refractivity contribution >= 4 is 16.6 Å². The highest BCUT2D eigenvalue weighted by molar-refractivity contribution is 7.84. The van der Waals surface area contributed by atoms with Crippen LogP contribution < -0.4 is 4.90 Å². The van der Waals surface area contributed by atoms with E-state index in [9.17, 15) is 4.21 Å². The highest BCUT2D eigenvalue weighted by atomic mass is 32.2. The molecule has 0 N–H and O–H groups in total. The lowest BCUT2D eigenvalue weighted by Gasteiger charge is -2.35. The molecule has 1 saturated heterocycles. The number of piperazine rings is 1. The summed E-state index contributed by atoms with van der Waals surface area (Å²) >= 11 is 0. The van der Waals surface area contributed by atoms with Crippen molar-refractivity contribution in [2.24, 2.45) is 0 Å². The maximum Gasteiger partial charge on any atom is 0.180 e. The molecule has 0 bridgehead atoms. The highest BCUT2D eigenvalue weighted by Crippen LogP contribution is 2.19. The number of aryl methyl sites for hydroxylation is 1. The van der Waals surface area contributed by atoms with Crippen molar-refractivity contribution in [2.45, 2.75) is 6.92 Å². The summed E-state index contributed by atoms with van der Waals surface area (Å²) in [6, 6.07) is 7.80. The molecular formula is C17H23N5OS. The van der Waals surface area contributed by atoms with E-state index in [1.54, 1.807) is 12.5 Å². The van der Waals surface area contributed by atoms with E-state index >= 15 is 0 Å². The molecule has 0 aromatic carbocycles. The lowest BCUT2D eigenvalue weighted by Crippen LogP contribution is -2.47. The second-order valence-corrected chi connectivity index (χ2v) is 7.57. The molecule has 1 fully saturated rings. The maximum atomic E-state index is 11.2. The summed E-state index contributed by atoms with van der Waals surface area (Å²) in [5.41, 5.74) is 1.75. The van der Waals surface area contributed by atoms with Gasteiger partial charge < -0.3 is 4.90 Å². The normalized spacial score (nSPS) is 17.0. The zero-order valence-corrected chi connectivity index (χ0v) is 15.0. The fourth-order valence-corrected chi connectivity index (χ4v) is 3.30. The molecule has 1 atom stereocenters. The third-order valence-corrected chi connectivity index (χ3v) is 4.88. The Balaban J connectivity index is 1.70. The molecule has 7 heteroatoms. The highest BCUT2D eigenvalue weighted by Gasteiger charge is 2.19. The van der Waals surface area contributed by atoms with Crippen LogP contribution in [0.25, 0.3) is 11.5 Å². The first-order valence-corrected chi connectivity index (χ1v) is 9.89. The molecule has 0 amide bonds. The third-order valence-electron chi connectivity index (χ3n) is 4.13. The number of anilines is 1.